The van der Waals surface area contributed by atoms with Gasteiger partial charge in [-0.3, -0.25) is 14.6 Å². The van der Waals surface area contributed by atoms with Gasteiger partial charge in [-0.25, -0.2) is 4.98 Å². The van der Waals surface area contributed by atoms with E-state index in [-0.39, 0.29) is 11.8 Å². The molecule has 25 heavy (non-hydrogen) atoms. The number of piperazine rings is 1. The summed E-state index contributed by atoms with van der Waals surface area (Å²) in [6.45, 7) is 6.12. The minimum atomic E-state index is -0.225. The van der Waals surface area contributed by atoms with Crippen molar-refractivity contribution in [2.75, 3.05) is 36.4 Å². The lowest BCUT2D eigenvalue weighted by Gasteiger charge is -2.35. The van der Waals surface area contributed by atoms with Crippen LogP contribution in [0.25, 0.3) is 0 Å². The first-order chi connectivity index (χ1) is 12.0. The highest BCUT2D eigenvalue weighted by atomic mass is 16.2. The summed E-state index contributed by atoms with van der Waals surface area (Å²) in [6, 6.07) is 5.66. The number of amides is 2. The van der Waals surface area contributed by atoms with Gasteiger partial charge in [-0.2, -0.15) is 0 Å². The summed E-state index contributed by atoms with van der Waals surface area (Å²) < 4.78 is 0. The number of nitrogens with one attached hydrogen (secondary N) is 1. The molecule has 130 valence electrons. The molecule has 1 aliphatic rings. The van der Waals surface area contributed by atoms with Crippen LogP contribution in [0.1, 0.15) is 22.8 Å². The lowest BCUT2D eigenvalue weighted by Crippen LogP contribution is -2.49. The summed E-state index contributed by atoms with van der Waals surface area (Å²) in [4.78, 5) is 36.5. The van der Waals surface area contributed by atoms with Crippen molar-refractivity contribution < 1.29 is 9.59 Å². The largest absolute Gasteiger partial charge is 0.353 e. The van der Waals surface area contributed by atoms with Crippen molar-refractivity contribution in [3.8, 4) is 0 Å². The molecule has 2 aromatic rings. The van der Waals surface area contributed by atoms with E-state index in [1.165, 1.54) is 18.7 Å². The van der Waals surface area contributed by atoms with E-state index < -0.39 is 0 Å². The maximum absolute atomic E-state index is 12.8. The molecule has 0 unspecified atom stereocenters. The Morgan fingerprint density at radius 1 is 1.12 bits per heavy atom. The third kappa shape index (κ3) is 3.93. The van der Waals surface area contributed by atoms with E-state index in [1.54, 1.807) is 23.4 Å². The number of anilines is 2. The summed E-state index contributed by atoms with van der Waals surface area (Å²) in [5.74, 6) is 0.621. The zero-order valence-electron chi connectivity index (χ0n) is 14.4. The first-order valence-corrected chi connectivity index (χ1v) is 8.23. The van der Waals surface area contributed by atoms with Crippen LogP contribution in [0, 0.1) is 6.92 Å². The van der Waals surface area contributed by atoms with Gasteiger partial charge >= 0.3 is 0 Å². The fourth-order valence-electron chi connectivity index (χ4n) is 2.87. The molecule has 0 bridgehead atoms. The lowest BCUT2D eigenvalue weighted by molar-refractivity contribution is -0.114. The number of rotatable bonds is 3. The molecule has 0 aliphatic carbocycles. The minimum absolute atomic E-state index is 0.0944. The van der Waals surface area contributed by atoms with Crippen LogP contribution in [0.15, 0.2) is 36.8 Å². The summed E-state index contributed by atoms with van der Waals surface area (Å²) >= 11 is 0. The van der Waals surface area contributed by atoms with E-state index in [2.05, 4.69) is 26.3 Å². The second-order valence-corrected chi connectivity index (χ2v) is 6.07. The number of hydrogen-bond acceptors (Lipinski definition) is 5. The zero-order chi connectivity index (χ0) is 17.8. The molecule has 7 heteroatoms. The standard InChI is InChI=1S/C18H21N5O2/c1-13-3-6-20-17(11-13)22-7-9-23(10-8-22)18(25)15-4-5-19-12-16(15)21-14(2)24/h3-6,11-12H,7-10H2,1-2H3,(H,21,24). The first kappa shape index (κ1) is 16.9. The number of pyridine rings is 2. The average molecular weight is 339 g/mol. The van der Waals surface area contributed by atoms with E-state index in [0.29, 0.717) is 24.3 Å². The number of aryl methyl sites for hydroxylation is 1. The highest BCUT2D eigenvalue weighted by Crippen LogP contribution is 2.19. The van der Waals surface area contributed by atoms with E-state index in [1.807, 2.05) is 13.0 Å². The van der Waals surface area contributed by atoms with E-state index in [0.717, 1.165) is 18.9 Å². The Bertz CT molecular complexity index is 785. The van der Waals surface area contributed by atoms with Crippen LogP contribution in [0.3, 0.4) is 0 Å². The summed E-state index contributed by atoms with van der Waals surface area (Å²) in [6.07, 6.45) is 4.87. The fraction of sp³-hybridized carbons (Fsp3) is 0.333. The maximum atomic E-state index is 12.8. The van der Waals surface area contributed by atoms with Crippen LogP contribution < -0.4 is 10.2 Å². The van der Waals surface area contributed by atoms with Crippen molar-refractivity contribution in [1.29, 1.82) is 0 Å². The Morgan fingerprint density at radius 3 is 2.56 bits per heavy atom. The number of hydrogen-bond donors (Lipinski definition) is 1. The highest BCUT2D eigenvalue weighted by molar-refractivity contribution is 6.03. The monoisotopic (exact) mass is 339 g/mol. The molecule has 1 aliphatic heterocycles. The molecule has 1 saturated heterocycles. The molecule has 7 nitrogen and oxygen atoms in total. The molecule has 3 heterocycles. The van der Waals surface area contributed by atoms with Crippen LogP contribution in [-0.2, 0) is 4.79 Å². The summed E-state index contributed by atoms with van der Waals surface area (Å²) in [5.41, 5.74) is 2.08. The second-order valence-electron chi connectivity index (χ2n) is 6.07. The van der Waals surface area contributed by atoms with Crippen molar-refractivity contribution in [2.45, 2.75) is 13.8 Å². The summed E-state index contributed by atoms with van der Waals surface area (Å²) in [7, 11) is 0. The summed E-state index contributed by atoms with van der Waals surface area (Å²) in [5, 5.41) is 2.66. The molecule has 0 aromatic carbocycles. The van der Waals surface area contributed by atoms with Crippen LogP contribution in [-0.4, -0.2) is 52.9 Å². The van der Waals surface area contributed by atoms with Crippen LogP contribution >= 0.6 is 0 Å². The van der Waals surface area contributed by atoms with Gasteiger partial charge in [0.2, 0.25) is 5.91 Å². The fourth-order valence-corrected chi connectivity index (χ4v) is 2.87. The Morgan fingerprint density at radius 2 is 1.88 bits per heavy atom. The molecular formula is C18H21N5O2. The van der Waals surface area contributed by atoms with Gasteiger partial charge in [-0.1, -0.05) is 0 Å². The lowest BCUT2D eigenvalue weighted by atomic mass is 10.1. The predicted molar refractivity (Wildman–Crippen MR) is 95.6 cm³/mol. The third-order valence-electron chi connectivity index (χ3n) is 4.15. The van der Waals surface area contributed by atoms with Gasteiger partial charge in [0.15, 0.2) is 0 Å². The average Bonchev–Trinajstić information content (AvgIpc) is 2.61. The Hall–Kier alpha value is -2.96. The number of carbonyl (C=O) groups excluding carboxylic acids is 2. The van der Waals surface area contributed by atoms with Crippen LogP contribution in [0.5, 0.6) is 0 Å². The van der Waals surface area contributed by atoms with Crippen LogP contribution in [0.4, 0.5) is 11.5 Å². The molecule has 0 radical (unpaired) electrons. The first-order valence-electron chi connectivity index (χ1n) is 8.23. The van der Waals surface area contributed by atoms with Crippen molar-refractivity contribution in [1.82, 2.24) is 14.9 Å². The molecule has 1 N–H and O–H groups in total. The molecule has 2 aromatic heterocycles. The van der Waals surface area contributed by atoms with Gasteiger partial charge in [0.1, 0.15) is 5.82 Å². The molecular weight excluding hydrogens is 318 g/mol. The number of aromatic nitrogens is 2. The van der Waals surface area contributed by atoms with Crippen LogP contribution in [0.2, 0.25) is 0 Å². The van der Waals surface area contributed by atoms with Crippen molar-refractivity contribution in [3.63, 3.8) is 0 Å². The molecule has 1 fully saturated rings. The number of nitrogens with zero attached hydrogens (tertiary/aromatic N) is 4. The zero-order valence-corrected chi connectivity index (χ0v) is 14.4. The number of carbonyl (C=O) groups is 2. The Kier molecular flexibility index (Phi) is 4.92. The van der Waals surface area contributed by atoms with E-state index >= 15 is 0 Å². The van der Waals surface area contributed by atoms with Crippen molar-refractivity contribution in [3.05, 3.63) is 47.9 Å². The van der Waals surface area contributed by atoms with E-state index in [4.69, 9.17) is 0 Å². The third-order valence-corrected chi connectivity index (χ3v) is 4.15. The normalized spacial score (nSPS) is 14.3. The molecule has 0 atom stereocenters. The molecule has 2 amide bonds. The van der Waals surface area contributed by atoms with Gasteiger partial charge in [-0.15, -0.1) is 0 Å². The topological polar surface area (TPSA) is 78.4 Å². The SMILES string of the molecule is CC(=O)Nc1cnccc1C(=O)N1CCN(c2cc(C)ccn2)CC1. The molecule has 3 rings (SSSR count). The smallest absolute Gasteiger partial charge is 0.256 e. The highest BCUT2D eigenvalue weighted by Gasteiger charge is 2.24. The van der Waals surface area contributed by atoms with Gasteiger partial charge in [0, 0.05) is 45.5 Å². The van der Waals surface area contributed by atoms with Gasteiger partial charge < -0.3 is 15.1 Å². The van der Waals surface area contributed by atoms with E-state index in [9.17, 15) is 9.59 Å². The van der Waals surface area contributed by atoms with Gasteiger partial charge in [0.25, 0.3) is 5.91 Å². The van der Waals surface area contributed by atoms with Crippen molar-refractivity contribution in [2.24, 2.45) is 0 Å². The molecule has 0 saturated carbocycles. The van der Waals surface area contributed by atoms with Crippen molar-refractivity contribution >= 4 is 23.3 Å². The second kappa shape index (κ2) is 7.29. The Balaban J connectivity index is 1.69. The van der Waals surface area contributed by atoms with Gasteiger partial charge in [-0.05, 0) is 30.7 Å². The van der Waals surface area contributed by atoms with Gasteiger partial charge in [0.05, 0.1) is 17.4 Å². The minimum Gasteiger partial charge on any atom is -0.353 e. The molecule has 0 spiro atoms. The Labute approximate surface area is 146 Å². The predicted octanol–water partition coefficient (Wildman–Crippen LogP) is 1.71. The quantitative estimate of drug-likeness (QED) is 0.921. The maximum Gasteiger partial charge on any atom is 0.256 e.